The molecule has 8 nitrogen and oxygen atoms in total. The lowest BCUT2D eigenvalue weighted by molar-refractivity contribution is -0.143. The molecule has 0 amide bonds. The summed E-state index contributed by atoms with van der Waals surface area (Å²) >= 11 is 0. The predicted octanol–water partition coefficient (Wildman–Crippen LogP) is 4.83. The first-order chi connectivity index (χ1) is 19.0. The summed E-state index contributed by atoms with van der Waals surface area (Å²) in [5.74, 6) is -4.50. The highest BCUT2D eigenvalue weighted by Gasteiger charge is 2.48. The predicted molar refractivity (Wildman–Crippen MR) is 146 cm³/mol. The summed E-state index contributed by atoms with van der Waals surface area (Å²) in [7, 11) is 0. The van der Waals surface area contributed by atoms with E-state index in [4.69, 9.17) is 9.15 Å². The minimum absolute atomic E-state index is 0.0395. The summed E-state index contributed by atoms with van der Waals surface area (Å²) in [5.41, 5.74) is 0.308. The van der Waals surface area contributed by atoms with Gasteiger partial charge >= 0.3 is 11.6 Å². The van der Waals surface area contributed by atoms with E-state index in [-0.39, 0.29) is 33.4 Å². The average molecular weight is 537 g/mol. The van der Waals surface area contributed by atoms with Crippen LogP contribution in [-0.4, -0.2) is 27.7 Å². The van der Waals surface area contributed by atoms with E-state index in [0.29, 0.717) is 22.3 Å². The third-order valence-corrected chi connectivity index (χ3v) is 7.73. The molecule has 1 aromatic heterocycles. The molecule has 8 heteroatoms. The van der Waals surface area contributed by atoms with Gasteiger partial charge in [-0.1, -0.05) is 35.9 Å². The molecular formula is C32H24O8. The summed E-state index contributed by atoms with van der Waals surface area (Å²) in [6.07, 6.45) is -1.57. The van der Waals surface area contributed by atoms with Gasteiger partial charge in [-0.25, -0.2) is 4.79 Å². The molecule has 3 aromatic carbocycles. The van der Waals surface area contributed by atoms with Crippen LogP contribution >= 0.6 is 0 Å². The van der Waals surface area contributed by atoms with Gasteiger partial charge in [-0.05, 0) is 62.6 Å². The van der Waals surface area contributed by atoms with Crippen LogP contribution in [0.25, 0.3) is 16.5 Å². The number of carbonyl (C=O) groups excluding carboxylic acids is 3. The third kappa shape index (κ3) is 3.49. The van der Waals surface area contributed by atoms with Gasteiger partial charge in [0.1, 0.15) is 34.7 Å². The Kier molecular flexibility index (Phi) is 5.64. The first kappa shape index (κ1) is 25.5. The van der Waals surface area contributed by atoms with Gasteiger partial charge in [0.15, 0.2) is 11.6 Å². The Morgan fingerprint density at radius 2 is 1.50 bits per heavy atom. The first-order valence-corrected chi connectivity index (χ1v) is 12.7. The maximum absolute atomic E-state index is 14.3. The fourth-order valence-electron chi connectivity index (χ4n) is 5.99. The van der Waals surface area contributed by atoms with Crippen molar-refractivity contribution in [3.63, 3.8) is 0 Å². The second-order valence-corrected chi connectivity index (χ2v) is 10.3. The molecule has 0 radical (unpaired) electrons. The van der Waals surface area contributed by atoms with Crippen molar-refractivity contribution < 1.29 is 33.8 Å². The van der Waals surface area contributed by atoms with Gasteiger partial charge in [0, 0.05) is 27.8 Å². The summed E-state index contributed by atoms with van der Waals surface area (Å²) < 4.78 is 11.0. The number of benzene rings is 3. The molecular weight excluding hydrogens is 512 g/mol. The fraction of sp³-hybridized carbons (Fsp3) is 0.188. The minimum Gasteiger partial charge on any atom is -0.506 e. The highest BCUT2D eigenvalue weighted by atomic mass is 16.5. The maximum Gasteiger partial charge on any atom is 0.348 e. The monoisotopic (exact) mass is 536 g/mol. The second-order valence-electron chi connectivity index (χ2n) is 10.3. The number of esters is 1. The summed E-state index contributed by atoms with van der Waals surface area (Å²) in [6, 6.07) is 13.0. The Morgan fingerprint density at radius 3 is 2.25 bits per heavy atom. The number of rotatable bonds is 2. The summed E-state index contributed by atoms with van der Waals surface area (Å²) in [5, 5.41) is 23.2. The second kappa shape index (κ2) is 8.86. The zero-order valence-electron chi connectivity index (χ0n) is 22.1. The molecule has 40 heavy (non-hydrogen) atoms. The number of ketones is 2. The zero-order valence-corrected chi connectivity index (χ0v) is 22.1. The van der Waals surface area contributed by atoms with Crippen molar-refractivity contribution in [1.82, 2.24) is 0 Å². The number of hydrogen-bond donors (Lipinski definition) is 2. The van der Waals surface area contributed by atoms with E-state index < -0.39 is 57.6 Å². The fourth-order valence-corrected chi connectivity index (χ4v) is 5.99. The quantitative estimate of drug-likeness (QED) is 0.212. The van der Waals surface area contributed by atoms with Crippen LogP contribution in [0.1, 0.15) is 60.2 Å². The van der Waals surface area contributed by atoms with Crippen LogP contribution in [0, 0.1) is 33.6 Å². The minimum atomic E-state index is -1.65. The normalized spacial score (nSPS) is 18.6. The number of aryl methyl sites for hydroxylation is 4. The van der Waals surface area contributed by atoms with Gasteiger partial charge in [0.05, 0.1) is 5.39 Å². The number of aliphatic hydroxyl groups excluding tert-OH is 1. The van der Waals surface area contributed by atoms with E-state index in [2.05, 4.69) is 0 Å². The lowest BCUT2D eigenvalue weighted by Crippen LogP contribution is -2.39. The first-order valence-electron chi connectivity index (χ1n) is 12.7. The molecule has 0 saturated carbocycles. The molecule has 4 aromatic rings. The van der Waals surface area contributed by atoms with Crippen molar-refractivity contribution >= 4 is 34.1 Å². The van der Waals surface area contributed by atoms with Crippen LogP contribution in [0.4, 0.5) is 0 Å². The van der Waals surface area contributed by atoms with Crippen LogP contribution in [0.3, 0.4) is 0 Å². The van der Waals surface area contributed by atoms with Crippen LogP contribution in [0.15, 0.2) is 63.3 Å². The summed E-state index contributed by atoms with van der Waals surface area (Å²) in [6.45, 7) is 6.84. The van der Waals surface area contributed by atoms with E-state index >= 15 is 0 Å². The molecule has 1 aliphatic heterocycles. The molecule has 0 unspecified atom stereocenters. The van der Waals surface area contributed by atoms with Gasteiger partial charge in [-0.3, -0.25) is 14.4 Å². The number of fused-ring (bicyclic) bond motifs is 3. The lowest BCUT2D eigenvalue weighted by atomic mass is 9.72. The van der Waals surface area contributed by atoms with Crippen molar-refractivity contribution in [3.8, 4) is 11.5 Å². The van der Waals surface area contributed by atoms with E-state index in [1.807, 2.05) is 0 Å². The summed E-state index contributed by atoms with van der Waals surface area (Å²) in [4.78, 5) is 55.4. The topological polar surface area (TPSA) is 131 Å². The van der Waals surface area contributed by atoms with Crippen molar-refractivity contribution in [3.05, 3.63) is 109 Å². The molecule has 0 spiro atoms. The van der Waals surface area contributed by atoms with Gasteiger partial charge in [-0.15, -0.1) is 0 Å². The zero-order chi connectivity index (χ0) is 28.6. The average Bonchev–Trinajstić information content (AvgIpc) is 2.87. The standard InChI is InChI=1S/C32H24O8/c1-13-11-16(4)20-17(12-13)27(33)23(25-29(35)21-14(2)7-5-9-18(21)39-31(25)37)24(28(20)34)26-30(36)22-15(3)8-6-10-19(22)40-32(26)38/h5-12,25,29,35-36H,1-4H3/t25-,29+/m1/s1. The Labute approximate surface area is 228 Å². The van der Waals surface area contributed by atoms with Crippen LogP contribution in [-0.2, 0) is 4.79 Å². The largest absolute Gasteiger partial charge is 0.506 e. The molecule has 2 atom stereocenters. The van der Waals surface area contributed by atoms with E-state index in [1.165, 1.54) is 18.2 Å². The molecule has 2 aliphatic rings. The number of allylic oxidation sites excluding steroid dienone is 1. The molecule has 2 heterocycles. The van der Waals surface area contributed by atoms with Gasteiger partial charge in [0.25, 0.3) is 0 Å². The Bertz CT molecular complexity index is 1920. The van der Waals surface area contributed by atoms with E-state index in [9.17, 15) is 29.4 Å². The van der Waals surface area contributed by atoms with Crippen LogP contribution < -0.4 is 10.4 Å². The molecule has 1 aliphatic carbocycles. The van der Waals surface area contributed by atoms with Crippen molar-refractivity contribution in [1.29, 1.82) is 0 Å². The molecule has 2 N–H and O–H groups in total. The molecule has 0 saturated heterocycles. The van der Waals surface area contributed by atoms with Gasteiger partial charge in [-0.2, -0.15) is 0 Å². The smallest absolute Gasteiger partial charge is 0.348 e. The number of Topliss-reactive ketones (excluding diaryl/α,β-unsaturated/α-hetero) is 2. The van der Waals surface area contributed by atoms with Gasteiger partial charge in [0.2, 0.25) is 0 Å². The number of aromatic hydroxyl groups is 1. The van der Waals surface area contributed by atoms with Gasteiger partial charge < -0.3 is 19.4 Å². The van der Waals surface area contributed by atoms with Crippen molar-refractivity contribution in [2.24, 2.45) is 5.92 Å². The molecule has 6 rings (SSSR count). The number of carbonyl (C=O) groups is 3. The number of ether oxygens (including phenoxy) is 1. The highest BCUT2D eigenvalue weighted by molar-refractivity contribution is 6.42. The van der Waals surface area contributed by atoms with Crippen LogP contribution in [0.2, 0.25) is 0 Å². The Hall–Kier alpha value is -4.82. The Morgan fingerprint density at radius 1 is 0.800 bits per heavy atom. The SMILES string of the molecule is Cc1cc(C)c2c(c1)C(=O)C([C@H]1C(=O)Oc3cccc(C)c3[C@@H]1O)=C(c1c(O)c3c(C)cccc3oc1=O)C2=O. The molecule has 200 valence electrons. The highest BCUT2D eigenvalue weighted by Crippen LogP contribution is 2.47. The van der Waals surface area contributed by atoms with E-state index in [1.54, 1.807) is 58.0 Å². The molecule has 0 bridgehead atoms. The third-order valence-electron chi connectivity index (χ3n) is 7.73. The van der Waals surface area contributed by atoms with Crippen LogP contribution in [0.5, 0.6) is 11.5 Å². The van der Waals surface area contributed by atoms with Crippen molar-refractivity contribution in [2.45, 2.75) is 33.8 Å². The maximum atomic E-state index is 14.3. The van der Waals surface area contributed by atoms with E-state index in [0.717, 1.165) is 0 Å². The van der Waals surface area contributed by atoms with Crippen molar-refractivity contribution in [2.75, 3.05) is 0 Å². The molecule has 0 fully saturated rings. The number of aliphatic hydroxyl groups is 1. The lowest BCUT2D eigenvalue weighted by Gasteiger charge is -2.33. The number of hydrogen-bond acceptors (Lipinski definition) is 8. The Balaban J connectivity index is 1.74.